The summed E-state index contributed by atoms with van der Waals surface area (Å²) in [6.07, 6.45) is 3.99. The first-order valence-electron chi connectivity index (χ1n) is 9.26. The molecule has 2 aromatic carbocycles. The lowest BCUT2D eigenvalue weighted by Gasteiger charge is -2.36. The molecule has 4 rings (SSSR count). The van der Waals surface area contributed by atoms with E-state index in [0.717, 1.165) is 18.0 Å². The van der Waals surface area contributed by atoms with Gasteiger partial charge in [-0.05, 0) is 79.6 Å². The van der Waals surface area contributed by atoms with Crippen LogP contribution in [0.15, 0.2) is 42.5 Å². The molecular weight excluding hydrogens is 306 g/mol. The van der Waals surface area contributed by atoms with Gasteiger partial charge in [0.15, 0.2) is 0 Å². The molecule has 0 N–H and O–H groups in total. The summed E-state index contributed by atoms with van der Waals surface area (Å²) in [6, 6.07) is 17.3. The highest BCUT2D eigenvalue weighted by Crippen LogP contribution is 2.37. The first-order chi connectivity index (χ1) is 12.2. The van der Waals surface area contributed by atoms with Crippen LogP contribution in [-0.4, -0.2) is 25.0 Å². The van der Waals surface area contributed by atoms with Gasteiger partial charge in [0, 0.05) is 37.6 Å². The van der Waals surface area contributed by atoms with E-state index in [0.29, 0.717) is 11.6 Å². The Hall–Kier alpha value is -2.31. The maximum atomic E-state index is 8.97. The second-order valence-electron chi connectivity index (χ2n) is 7.47. The van der Waals surface area contributed by atoms with Crippen molar-refractivity contribution in [2.75, 3.05) is 25.0 Å². The first kappa shape index (κ1) is 16.2. The Morgan fingerprint density at radius 2 is 1.84 bits per heavy atom. The van der Waals surface area contributed by atoms with Crippen molar-refractivity contribution in [3.05, 3.63) is 59.2 Å². The second-order valence-corrected chi connectivity index (χ2v) is 7.47. The van der Waals surface area contributed by atoms with Crippen LogP contribution < -0.4 is 4.90 Å². The fourth-order valence-corrected chi connectivity index (χ4v) is 3.85. The summed E-state index contributed by atoms with van der Waals surface area (Å²) in [4.78, 5) is 4.86. The van der Waals surface area contributed by atoms with Crippen molar-refractivity contribution in [3.8, 4) is 6.07 Å². The predicted octanol–water partition coefficient (Wildman–Crippen LogP) is 4.66. The van der Waals surface area contributed by atoms with Crippen LogP contribution in [0.5, 0.6) is 0 Å². The Bertz CT molecular complexity index is 799. The molecule has 1 saturated carbocycles. The van der Waals surface area contributed by atoms with Gasteiger partial charge in [0.1, 0.15) is 0 Å². The Balaban J connectivity index is 1.59. The fraction of sp³-hybridized carbons (Fsp3) is 0.409. The zero-order chi connectivity index (χ0) is 17.4. The topological polar surface area (TPSA) is 30.3 Å². The molecule has 0 radical (unpaired) electrons. The molecule has 128 valence electrons. The molecular formula is C22H25N3. The van der Waals surface area contributed by atoms with Crippen LogP contribution in [0.25, 0.3) is 0 Å². The maximum Gasteiger partial charge on any atom is 0.0991 e. The third-order valence-electron chi connectivity index (χ3n) is 5.76. The monoisotopic (exact) mass is 331 g/mol. The minimum atomic E-state index is 0.499. The standard InChI is InChI=1S/C22H25N3/c1-16-22-13-21(24(2)20-8-5-17(14-23)6-9-20)10-7-19(22)11-12-25(16)15-18-3-4-18/h5-10,13,16,18H,3-4,11-12,15H2,1-2H3. The molecule has 1 heterocycles. The van der Waals surface area contributed by atoms with Crippen LogP contribution in [0.3, 0.4) is 0 Å². The molecule has 3 nitrogen and oxygen atoms in total. The summed E-state index contributed by atoms with van der Waals surface area (Å²) in [5.74, 6) is 0.938. The molecule has 2 aliphatic rings. The Morgan fingerprint density at radius 1 is 1.12 bits per heavy atom. The number of anilines is 2. The molecule has 0 spiro atoms. The zero-order valence-corrected chi connectivity index (χ0v) is 15.1. The third-order valence-corrected chi connectivity index (χ3v) is 5.76. The Kier molecular flexibility index (Phi) is 4.23. The van der Waals surface area contributed by atoms with Gasteiger partial charge in [0.25, 0.3) is 0 Å². The molecule has 1 fully saturated rings. The molecule has 25 heavy (non-hydrogen) atoms. The van der Waals surface area contributed by atoms with Crippen molar-refractivity contribution in [1.82, 2.24) is 4.90 Å². The number of hydrogen-bond donors (Lipinski definition) is 0. The molecule has 1 aliphatic carbocycles. The normalized spacial score (nSPS) is 20.0. The Labute approximate surface area is 150 Å². The number of nitrogens with zero attached hydrogens (tertiary/aromatic N) is 3. The lowest BCUT2D eigenvalue weighted by molar-refractivity contribution is 0.190. The van der Waals surface area contributed by atoms with E-state index < -0.39 is 0 Å². The van der Waals surface area contributed by atoms with E-state index in [1.165, 1.54) is 42.7 Å². The van der Waals surface area contributed by atoms with Gasteiger partial charge in [-0.2, -0.15) is 5.26 Å². The molecule has 0 aromatic heterocycles. The SMILES string of the molecule is CC1c2cc(N(C)c3ccc(C#N)cc3)ccc2CCN1CC1CC1. The van der Waals surface area contributed by atoms with Gasteiger partial charge in [0.2, 0.25) is 0 Å². The first-order valence-corrected chi connectivity index (χ1v) is 9.26. The number of hydrogen-bond acceptors (Lipinski definition) is 3. The molecule has 1 unspecified atom stereocenters. The third kappa shape index (κ3) is 3.27. The molecule has 0 amide bonds. The summed E-state index contributed by atoms with van der Waals surface area (Å²) in [5, 5.41) is 8.97. The smallest absolute Gasteiger partial charge is 0.0991 e. The fourth-order valence-electron chi connectivity index (χ4n) is 3.85. The Morgan fingerprint density at radius 3 is 2.52 bits per heavy atom. The number of benzene rings is 2. The minimum Gasteiger partial charge on any atom is -0.345 e. The van der Waals surface area contributed by atoms with E-state index in [9.17, 15) is 0 Å². The van der Waals surface area contributed by atoms with Gasteiger partial charge in [-0.3, -0.25) is 4.90 Å². The van der Waals surface area contributed by atoms with E-state index in [1.54, 1.807) is 0 Å². The minimum absolute atomic E-state index is 0.499. The molecule has 3 heteroatoms. The highest BCUT2D eigenvalue weighted by molar-refractivity contribution is 5.64. The van der Waals surface area contributed by atoms with Gasteiger partial charge in [-0.1, -0.05) is 6.07 Å². The van der Waals surface area contributed by atoms with E-state index in [1.807, 2.05) is 24.3 Å². The summed E-state index contributed by atoms with van der Waals surface area (Å²) in [7, 11) is 2.10. The highest BCUT2D eigenvalue weighted by Gasteiger charge is 2.30. The van der Waals surface area contributed by atoms with Crippen molar-refractivity contribution in [2.24, 2.45) is 5.92 Å². The number of nitriles is 1. The molecule has 0 saturated heterocycles. The summed E-state index contributed by atoms with van der Waals surface area (Å²) >= 11 is 0. The average molecular weight is 331 g/mol. The van der Waals surface area contributed by atoms with E-state index >= 15 is 0 Å². The van der Waals surface area contributed by atoms with Crippen molar-refractivity contribution < 1.29 is 0 Å². The second kappa shape index (κ2) is 6.54. The zero-order valence-electron chi connectivity index (χ0n) is 15.1. The van der Waals surface area contributed by atoms with Crippen LogP contribution >= 0.6 is 0 Å². The van der Waals surface area contributed by atoms with Crippen LogP contribution in [0.1, 0.15) is 42.5 Å². The molecule has 0 bridgehead atoms. The molecule has 1 aliphatic heterocycles. The van der Waals surface area contributed by atoms with E-state index in [-0.39, 0.29) is 0 Å². The number of rotatable bonds is 4. The highest BCUT2D eigenvalue weighted by atomic mass is 15.2. The largest absolute Gasteiger partial charge is 0.345 e. The quantitative estimate of drug-likeness (QED) is 0.816. The van der Waals surface area contributed by atoms with Crippen molar-refractivity contribution in [2.45, 2.75) is 32.2 Å². The lowest BCUT2D eigenvalue weighted by Crippen LogP contribution is -2.35. The predicted molar refractivity (Wildman–Crippen MR) is 102 cm³/mol. The van der Waals surface area contributed by atoms with Crippen molar-refractivity contribution >= 4 is 11.4 Å². The summed E-state index contributed by atoms with van der Waals surface area (Å²) in [5.41, 5.74) is 5.99. The van der Waals surface area contributed by atoms with Gasteiger partial charge < -0.3 is 4.90 Å². The van der Waals surface area contributed by atoms with Crippen LogP contribution in [0.2, 0.25) is 0 Å². The van der Waals surface area contributed by atoms with Gasteiger partial charge in [-0.25, -0.2) is 0 Å². The number of fused-ring (bicyclic) bond motifs is 1. The average Bonchev–Trinajstić information content (AvgIpc) is 3.47. The van der Waals surface area contributed by atoms with Crippen LogP contribution in [0, 0.1) is 17.2 Å². The van der Waals surface area contributed by atoms with Gasteiger partial charge in [0.05, 0.1) is 11.6 Å². The van der Waals surface area contributed by atoms with Crippen LogP contribution in [-0.2, 0) is 6.42 Å². The van der Waals surface area contributed by atoms with Crippen LogP contribution in [0.4, 0.5) is 11.4 Å². The summed E-state index contributed by atoms with van der Waals surface area (Å²) < 4.78 is 0. The summed E-state index contributed by atoms with van der Waals surface area (Å²) in [6.45, 7) is 4.80. The molecule has 1 atom stereocenters. The van der Waals surface area contributed by atoms with Gasteiger partial charge in [-0.15, -0.1) is 0 Å². The van der Waals surface area contributed by atoms with Crippen molar-refractivity contribution in [3.63, 3.8) is 0 Å². The van der Waals surface area contributed by atoms with E-state index in [2.05, 4.69) is 48.0 Å². The molecule has 2 aromatic rings. The van der Waals surface area contributed by atoms with Gasteiger partial charge >= 0.3 is 0 Å². The van der Waals surface area contributed by atoms with E-state index in [4.69, 9.17) is 5.26 Å². The van der Waals surface area contributed by atoms with Crippen molar-refractivity contribution in [1.29, 1.82) is 5.26 Å². The lowest BCUT2D eigenvalue weighted by atomic mass is 9.92. The maximum absolute atomic E-state index is 8.97.